The van der Waals surface area contributed by atoms with Gasteiger partial charge in [0.25, 0.3) is 0 Å². The molecule has 2 N–H and O–H groups in total. The molecule has 7 nitrogen and oxygen atoms in total. The Morgan fingerprint density at radius 2 is 2.18 bits per heavy atom. The maximum absolute atomic E-state index is 5.92. The molecule has 1 aromatic rings. The van der Waals surface area contributed by atoms with Crippen LogP contribution in [0.5, 0.6) is 0 Å². The summed E-state index contributed by atoms with van der Waals surface area (Å²) in [6.07, 6.45) is 4.61. The molecule has 2 fully saturated rings. The van der Waals surface area contributed by atoms with Gasteiger partial charge in [-0.15, -0.1) is 0 Å². The van der Waals surface area contributed by atoms with Crippen molar-refractivity contribution in [2.24, 2.45) is 10.9 Å². The monoisotopic (exact) mass is 392 g/mol. The maximum atomic E-state index is 5.92. The molecule has 0 aromatic carbocycles. The van der Waals surface area contributed by atoms with Crippen LogP contribution < -0.4 is 10.6 Å². The van der Waals surface area contributed by atoms with E-state index in [-0.39, 0.29) is 6.04 Å². The Kier molecular flexibility index (Phi) is 8.64. The highest BCUT2D eigenvalue weighted by molar-refractivity contribution is 5.79. The molecule has 2 aliphatic heterocycles. The standard InChI is InChI=1S/C21H36N4O3/c1-17-6-7-20(28-17)19(25-10-3-4-11-25)14-24-21(22-2)23-9-5-12-26-15-18-8-13-27-16-18/h6-7,18-19H,3-5,8-16H2,1-2H3,(H2,22,23,24). The number of ether oxygens (including phenoxy) is 2. The molecule has 1 aromatic heterocycles. The summed E-state index contributed by atoms with van der Waals surface area (Å²) in [5.74, 6) is 3.41. The molecule has 2 saturated heterocycles. The third kappa shape index (κ3) is 6.50. The van der Waals surface area contributed by atoms with Crippen LogP contribution in [-0.4, -0.2) is 70.5 Å². The van der Waals surface area contributed by atoms with Crippen LogP contribution in [0.4, 0.5) is 0 Å². The Morgan fingerprint density at radius 3 is 2.86 bits per heavy atom. The highest BCUT2D eigenvalue weighted by Crippen LogP contribution is 2.26. The fourth-order valence-corrected chi connectivity index (χ4v) is 3.86. The minimum atomic E-state index is 0.242. The van der Waals surface area contributed by atoms with E-state index in [9.17, 15) is 0 Å². The lowest BCUT2D eigenvalue weighted by Crippen LogP contribution is -2.43. The lowest BCUT2D eigenvalue weighted by molar-refractivity contribution is 0.0888. The number of nitrogens with one attached hydrogen (secondary N) is 2. The molecule has 0 amide bonds. The van der Waals surface area contributed by atoms with E-state index in [1.807, 2.05) is 20.0 Å². The molecule has 2 atom stereocenters. The summed E-state index contributed by atoms with van der Waals surface area (Å²) in [4.78, 5) is 6.85. The van der Waals surface area contributed by atoms with Gasteiger partial charge in [-0.1, -0.05) is 0 Å². The third-order valence-corrected chi connectivity index (χ3v) is 5.49. The summed E-state index contributed by atoms with van der Waals surface area (Å²) in [6.45, 7) is 9.19. The molecule has 0 saturated carbocycles. The van der Waals surface area contributed by atoms with E-state index < -0.39 is 0 Å². The van der Waals surface area contributed by atoms with Crippen LogP contribution in [0.1, 0.15) is 43.2 Å². The predicted molar refractivity (Wildman–Crippen MR) is 111 cm³/mol. The molecular formula is C21H36N4O3. The summed E-state index contributed by atoms with van der Waals surface area (Å²) < 4.78 is 17.1. The second kappa shape index (κ2) is 11.4. The van der Waals surface area contributed by atoms with Crippen molar-refractivity contribution in [1.29, 1.82) is 0 Å². The number of hydrogen-bond donors (Lipinski definition) is 2. The zero-order valence-electron chi connectivity index (χ0n) is 17.4. The van der Waals surface area contributed by atoms with Crippen molar-refractivity contribution in [3.8, 4) is 0 Å². The van der Waals surface area contributed by atoms with Crippen molar-refractivity contribution < 1.29 is 13.9 Å². The largest absolute Gasteiger partial charge is 0.465 e. The number of likely N-dealkylation sites (tertiary alicyclic amines) is 1. The smallest absolute Gasteiger partial charge is 0.191 e. The van der Waals surface area contributed by atoms with Gasteiger partial charge >= 0.3 is 0 Å². The zero-order valence-corrected chi connectivity index (χ0v) is 17.4. The van der Waals surface area contributed by atoms with Gasteiger partial charge in [0.2, 0.25) is 0 Å². The molecule has 28 heavy (non-hydrogen) atoms. The molecule has 0 radical (unpaired) electrons. The van der Waals surface area contributed by atoms with Gasteiger partial charge in [0.1, 0.15) is 11.5 Å². The van der Waals surface area contributed by atoms with Crippen LogP contribution in [0.25, 0.3) is 0 Å². The van der Waals surface area contributed by atoms with Crippen molar-refractivity contribution >= 4 is 5.96 Å². The van der Waals surface area contributed by atoms with Crippen LogP contribution >= 0.6 is 0 Å². The molecule has 2 aliphatic rings. The van der Waals surface area contributed by atoms with Crippen molar-refractivity contribution in [1.82, 2.24) is 15.5 Å². The predicted octanol–water partition coefficient (Wildman–Crippen LogP) is 2.33. The van der Waals surface area contributed by atoms with Gasteiger partial charge in [0, 0.05) is 39.3 Å². The van der Waals surface area contributed by atoms with E-state index in [4.69, 9.17) is 13.9 Å². The SMILES string of the molecule is CN=C(NCCCOCC1CCOC1)NCC(c1ccc(C)o1)N1CCCC1. The summed E-state index contributed by atoms with van der Waals surface area (Å²) in [5, 5.41) is 6.86. The van der Waals surface area contributed by atoms with Gasteiger partial charge < -0.3 is 24.5 Å². The number of hydrogen-bond acceptors (Lipinski definition) is 5. The Balaban J connectivity index is 1.36. The second-order valence-corrected chi connectivity index (χ2v) is 7.75. The summed E-state index contributed by atoms with van der Waals surface area (Å²) in [5.41, 5.74) is 0. The average Bonchev–Trinajstić information content (AvgIpc) is 3.46. The molecule has 3 heterocycles. The fourth-order valence-electron chi connectivity index (χ4n) is 3.86. The molecule has 0 aliphatic carbocycles. The van der Waals surface area contributed by atoms with Crippen LogP contribution in [0.15, 0.2) is 21.5 Å². The lowest BCUT2D eigenvalue weighted by atomic mass is 10.1. The zero-order chi connectivity index (χ0) is 19.6. The molecule has 158 valence electrons. The molecule has 0 bridgehead atoms. The number of guanidine groups is 1. The Hall–Kier alpha value is -1.57. The van der Waals surface area contributed by atoms with Gasteiger partial charge in [0.05, 0.1) is 19.3 Å². The number of aliphatic imine (C=N–C) groups is 1. The van der Waals surface area contributed by atoms with Gasteiger partial charge in [-0.2, -0.15) is 0 Å². The molecule has 3 rings (SSSR count). The molecule has 2 unspecified atom stereocenters. The first kappa shape index (κ1) is 21.1. The molecular weight excluding hydrogens is 356 g/mol. The third-order valence-electron chi connectivity index (χ3n) is 5.49. The fraction of sp³-hybridized carbons (Fsp3) is 0.762. The average molecular weight is 393 g/mol. The quantitative estimate of drug-likeness (QED) is 0.362. The maximum Gasteiger partial charge on any atom is 0.191 e. The Labute approximate surface area is 168 Å². The highest BCUT2D eigenvalue weighted by Gasteiger charge is 2.26. The number of nitrogens with zero attached hydrogens (tertiary/aromatic N) is 2. The Bertz CT molecular complexity index is 592. The number of rotatable bonds is 10. The van der Waals surface area contributed by atoms with Crippen molar-refractivity contribution in [3.05, 3.63) is 23.7 Å². The first-order valence-electron chi connectivity index (χ1n) is 10.7. The van der Waals surface area contributed by atoms with E-state index in [0.717, 1.165) is 82.9 Å². The normalized spacial score (nSPS) is 21.9. The van der Waals surface area contributed by atoms with E-state index in [1.165, 1.54) is 12.8 Å². The summed E-state index contributed by atoms with van der Waals surface area (Å²) in [7, 11) is 1.81. The highest BCUT2D eigenvalue weighted by atomic mass is 16.5. The minimum absolute atomic E-state index is 0.242. The van der Waals surface area contributed by atoms with Gasteiger partial charge in [-0.05, 0) is 57.8 Å². The van der Waals surface area contributed by atoms with Crippen molar-refractivity contribution in [2.45, 2.75) is 38.6 Å². The van der Waals surface area contributed by atoms with Crippen LogP contribution in [0.3, 0.4) is 0 Å². The van der Waals surface area contributed by atoms with Crippen molar-refractivity contribution in [2.75, 3.05) is 59.7 Å². The first-order valence-corrected chi connectivity index (χ1v) is 10.7. The van der Waals surface area contributed by atoms with Gasteiger partial charge in [0.15, 0.2) is 5.96 Å². The van der Waals surface area contributed by atoms with Gasteiger partial charge in [-0.25, -0.2) is 0 Å². The van der Waals surface area contributed by atoms with E-state index in [2.05, 4.69) is 26.6 Å². The van der Waals surface area contributed by atoms with E-state index in [1.54, 1.807) is 0 Å². The summed E-state index contributed by atoms with van der Waals surface area (Å²) in [6, 6.07) is 4.39. The lowest BCUT2D eigenvalue weighted by Gasteiger charge is -2.26. The van der Waals surface area contributed by atoms with E-state index >= 15 is 0 Å². The van der Waals surface area contributed by atoms with Crippen LogP contribution in [0.2, 0.25) is 0 Å². The van der Waals surface area contributed by atoms with Crippen LogP contribution in [-0.2, 0) is 9.47 Å². The summed E-state index contributed by atoms with van der Waals surface area (Å²) >= 11 is 0. The first-order chi connectivity index (χ1) is 13.8. The minimum Gasteiger partial charge on any atom is -0.465 e. The Morgan fingerprint density at radius 1 is 1.32 bits per heavy atom. The van der Waals surface area contributed by atoms with Crippen LogP contribution in [0, 0.1) is 12.8 Å². The molecule has 0 spiro atoms. The molecule has 7 heteroatoms. The number of aryl methyl sites for hydroxylation is 1. The van der Waals surface area contributed by atoms with E-state index in [0.29, 0.717) is 5.92 Å². The van der Waals surface area contributed by atoms with Crippen molar-refractivity contribution in [3.63, 3.8) is 0 Å². The number of furan rings is 1. The van der Waals surface area contributed by atoms with Gasteiger partial charge in [-0.3, -0.25) is 9.89 Å². The second-order valence-electron chi connectivity index (χ2n) is 7.75. The topological polar surface area (TPSA) is 71.3 Å².